The van der Waals surface area contributed by atoms with Crippen LogP contribution in [0.4, 0.5) is 10.1 Å². The molecular weight excluding hydrogens is 395 g/mol. The number of benzene rings is 3. The summed E-state index contributed by atoms with van der Waals surface area (Å²) in [5, 5.41) is 2.74. The van der Waals surface area contributed by atoms with Gasteiger partial charge in [-0.25, -0.2) is 12.8 Å². The minimum atomic E-state index is -3.82. The molecule has 0 spiro atoms. The first-order valence-electron chi connectivity index (χ1n) is 8.74. The number of anilines is 1. The number of hydrogen-bond acceptors (Lipinski definition) is 4. The van der Waals surface area contributed by atoms with E-state index in [0.29, 0.717) is 12.3 Å². The van der Waals surface area contributed by atoms with Gasteiger partial charge in [0.15, 0.2) is 6.61 Å². The summed E-state index contributed by atoms with van der Waals surface area (Å²) in [4.78, 5) is 11.9. The molecule has 0 aliphatic rings. The average Bonchev–Trinajstić information content (AvgIpc) is 2.73. The number of ether oxygens (including phenoxy) is 1. The van der Waals surface area contributed by atoms with Gasteiger partial charge in [-0.3, -0.25) is 9.52 Å². The van der Waals surface area contributed by atoms with E-state index in [1.165, 1.54) is 36.4 Å². The summed E-state index contributed by atoms with van der Waals surface area (Å²) in [5.74, 6) is -0.383. The van der Waals surface area contributed by atoms with Gasteiger partial charge in [0.1, 0.15) is 11.6 Å². The summed E-state index contributed by atoms with van der Waals surface area (Å²) < 4.78 is 45.4. The number of sulfonamides is 1. The van der Waals surface area contributed by atoms with Gasteiger partial charge in [-0.2, -0.15) is 0 Å². The molecule has 0 fully saturated rings. The fourth-order valence-corrected chi connectivity index (χ4v) is 3.50. The topological polar surface area (TPSA) is 84.5 Å². The van der Waals surface area contributed by atoms with E-state index in [2.05, 4.69) is 10.0 Å². The number of carbonyl (C=O) groups excluding carboxylic acids is 1. The maximum atomic E-state index is 12.9. The molecule has 2 N–H and O–H groups in total. The highest BCUT2D eigenvalue weighted by molar-refractivity contribution is 7.92. The second-order valence-corrected chi connectivity index (χ2v) is 7.82. The first-order valence-corrected chi connectivity index (χ1v) is 10.2. The van der Waals surface area contributed by atoms with Crippen molar-refractivity contribution in [3.05, 3.63) is 90.2 Å². The Balaban J connectivity index is 1.52. The molecule has 0 saturated heterocycles. The first-order chi connectivity index (χ1) is 13.9. The molecule has 29 heavy (non-hydrogen) atoms. The van der Waals surface area contributed by atoms with Gasteiger partial charge in [-0.1, -0.05) is 30.3 Å². The molecule has 0 unspecified atom stereocenters. The zero-order valence-electron chi connectivity index (χ0n) is 15.3. The normalized spacial score (nSPS) is 10.9. The Bertz CT molecular complexity index is 1050. The minimum Gasteiger partial charge on any atom is -0.484 e. The molecule has 0 aromatic heterocycles. The number of halogens is 1. The van der Waals surface area contributed by atoms with Gasteiger partial charge in [0.2, 0.25) is 0 Å². The number of carbonyl (C=O) groups is 1. The summed E-state index contributed by atoms with van der Waals surface area (Å²) in [7, 11) is -3.82. The van der Waals surface area contributed by atoms with Gasteiger partial charge in [0, 0.05) is 12.2 Å². The lowest BCUT2D eigenvalue weighted by atomic mass is 10.2. The Labute approximate surface area is 168 Å². The number of hydrogen-bond donors (Lipinski definition) is 2. The summed E-state index contributed by atoms with van der Waals surface area (Å²) >= 11 is 0. The molecule has 0 atom stereocenters. The van der Waals surface area contributed by atoms with Crippen LogP contribution in [0.2, 0.25) is 0 Å². The van der Waals surface area contributed by atoms with E-state index in [9.17, 15) is 17.6 Å². The Morgan fingerprint density at radius 3 is 2.21 bits per heavy atom. The number of nitrogens with one attached hydrogen (secondary N) is 2. The molecule has 0 heterocycles. The van der Waals surface area contributed by atoms with Crippen molar-refractivity contribution in [1.82, 2.24) is 5.32 Å². The third kappa shape index (κ3) is 6.05. The van der Waals surface area contributed by atoms with Crippen molar-refractivity contribution in [2.24, 2.45) is 0 Å². The third-order valence-electron chi connectivity index (χ3n) is 3.93. The first kappa shape index (κ1) is 20.3. The van der Waals surface area contributed by atoms with Crippen LogP contribution in [-0.4, -0.2) is 20.9 Å². The molecule has 0 aliphatic heterocycles. The Morgan fingerprint density at radius 1 is 0.897 bits per heavy atom. The SMILES string of the molecule is O=C(COc1ccc(S(=O)(=O)Nc2ccc(F)cc2)cc1)NCc1ccccc1. The molecular formula is C21H19FN2O4S. The summed E-state index contributed by atoms with van der Waals surface area (Å²) in [6.45, 7) is 0.210. The largest absolute Gasteiger partial charge is 0.484 e. The molecule has 3 aromatic rings. The van der Waals surface area contributed by atoms with Crippen LogP contribution >= 0.6 is 0 Å². The molecule has 0 saturated carbocycles. The molecule has 150 valence electrons. The fourth-order valence-electron chi connectivity index (χ4n) is 2.44. The third-order valence-corrected chi connectivity index (χ3v) is 5.33. The van der Waals surface area contributed by atoms with E-state index in [-0.39, 0.29) is 23.1 Å². The predicted molar refractivity (Wildman–Crippen MR) is 107 cm³/mol. The number of rotatable bonds is 8. The Hall–Kier alpha value is -3.39. The molecule has 3 aromatic carbocycles. The molecule has 0 radical (unpaired) electrons. The van der Waals surface area contributed by atoms with E-state index in [0.717, 1.165) is 17.7 Å². The maximum absolute atomic E-state index is 12.9. The van der Waals surface area contributed by atoms with Crippen LogP contribution in [0.15, 0.2) is 83.8 Å². The second-order valence-electron chi connectivity index (χ2n) is 6.13. The zero-order valence-corrected chi connectivity index (χ0v) is 16.2. The quantitative estimate of drug-likeness (QED) is 0.592. The summed E-state index contributed by atoms with van der Waals surface area (Å²) in [5.41, 5.74) is 1.23. The summed E-state index contributed by atoms with van der Waals surface area (Å²) in [6.07, 6.45) is 0. The van der Waals surface area contributed by atoms with Crippen molar-refractivity contribution >= 4 is 21.6 Å². The average molecular weight is 414 g/mol. The van der Waals surface area contributed by atoms with E-state index in [1.54, 1.807) is 0 Å². The van der Waals surface area contributed by atoms with Crippen molar-refractivity contribution < 1.29 is 22.3 Å². The van der Waals surface area contributed by atoms with Crippen LogP contribution in [0.3, 0.4) is 0 Å². The summed E-state index contributed by atoms with van der Waals surface area (Å²) in [6, 6.07) is 20.1. The van der Waals surface area contributed by atoms with E-state index in [1.807, 2.05) is 30.3 Å². The van der Waals surface area contributed by atoms with Gasteiger partial charge in [0.25, 0.3) is 15.9 Å². The molecule has 6 nitrogen and oxygen atoms in total. The second kappa shape index (κ2) is 9.20. The Kier molecular flexibility index (Phi) is 6.46. The highest BCUT2D eigenvalue weighted by Gasteiger charge is 2.14. The van der Waals surface area contributed by atoms with Gasteiger partial charge in [-0.05, 0) is 54.1 Å². The predicted octanol–water partition coefficient (Wildman–Crippen LogP) is 3.32. The lowest BCUT2D eigenvalue weighted by molar-refractivity contribution is -0.123. The van der Waals surface area contributed by atoms with E-state index >= 15 is 0 Å². The van der Waals surface area contributed by atoms with Crippen LogP contribution in [0.5, 0.6) is 5.75 Å². The van der Waals surface area contributed by atoms with Crippen LogP contribution in [0.25, 0.3) is 0 Å². The highest BCUT2D eigenvalue weighted by Crippen LogP contribution is 2.19. The van der Waals surface area contributed by atoms with Crippen LogP contribution in [0.1, 0.15) is 5.56 Å². The van der Waals surface area contributed by atoms with Crippen molar-refractivity contribution in [3.63, 3.8) is 0 Å². The standard InChI is InChI=1S/C21H19FN2O4S/c22-17-6-8-18(9-7-17)24-29(26,27)20-12-10-19(11-13-20)28-15-21(25)23-14-16-4-2-1-3-5-16/h1-13,24H,14-15H2,(H,23,25). The lowest BCUT2D eigenvalue weighted by Gasteiger charge is -2.10. The van der Waals surface area contributed by atoms with Crippen molar-refractivity contribution in [3.8, 4) is 5.75 Å². The molecule has 1 amide bonds. The van der Waals surface area contributed by atoms with Crippen molar-refractivity contribution in [2.75, 3.05) is 11.3 Å². The van der Waals surface area contributed by atoms with Crippen molar-refractivity contribution in [2.45, 2.75) is 11.4 Å². The fraction of sp³-hybridized carbons (Fsp3) is 0.0952. The molecule has 3 rings (SSSR count). The molecule has 8 heteroatoms. The smallest absolute Gasteiger partial charge is 0.261 e. The Morgan fingerprint density at radius 2 is 1.55 bits per heavy atom. The zero-order chi connectivity index (χ0) is 20.7. The van der Waals surface area contributed by atoms with Crippen LogP contribution in [-0.2, 0) is 21.4 Å². The maximum Gasteiger partial charge on any atom is 0.261 e. The van der Waals surface area contributed by atoms with Gasteiger partial charge in [-0.15, -0.1) is 0 Å². The molecule has 0 bridgehead atoms. The van der Waals surface area contributed by atoms with E-state index in [4.69, 9.17) is 4.74 Å². The number of amides is 1. The van der Waals surface area contributed by atoms with E-state index < -0.39 is 15.8 Å². The van der Waals surface area contributed by atoms with Gasteiger partial charge in [0.05, 0.1) is 4.90 Å². The molecule has 0 aliphatic carbocycles. The van der Waals surface area contributed by atoms with Crippen LogP contribution < -0.4 is 14.8 Å². The lowest BCUT2D eigenvalue weighted by Crippen LogP contribution is -2.28. The minimum absolute atomic E-state index is 0.0164. The van der Waals surface area contributed by atoms with Crippen molar-refractivity contribution in [1.29, 1.82) is 0 Å². The van der Waals surface area contributed by atoms with Crippen LogP contribution in [0, 0.1) is 5.82 Å². The monoisotopic (exact) mass is 414 g/mol. The highest BCUT2D eigenvalue weighted by atomic mass is 32.2. The van der Waals surface area contributed by atoms with Gasteiger partial charge >= 0.3 is 0 Å². The van der Waals surface area contributed by atoms with Gasteiger partial charge < -0.3 is 10.1 Å².